The van der Waals surface area contributed by atoms with Gasteiger partial charge in [-0.15, -0.1) is 0 Å². The summed E-state index contributed by atoms with van der Waals surface area (Å²) in [7, 11) is 0. The second-order valence-electron chi connectivity index (χ2n) is 3.48. The van der Waals surface area contributed by atoms with Gasteiger partial charge in [-0.25, -0.2) is 14.4 Å². The molecule has 5 heteroatoms. The Kier molecular flexibility index (Phi) is 3.71. The molecule has 1 heterocycles. The van der Waals surface area contributed by atoms with E-state index < -0.39 is 6.10 Å². The molecule has 88 valence electrons. The molecular formula is C12H11FN2OS. The maximum Gasteiger partial charge on any atom is 0.137 e. The summed E-state index contributed by atoms with van der Waals surface area (Å²) in [5, 5.41) is 10.2. The van der Waals surface area contributed by atoms with Gasteiger partial charge in [-0.3, -0.25) is 0 Å². The maximum atomic E-state index is 13.7. The van der Waals surface area contributed by atoms with Crippen LogP contribution in [0, 0.1) is 5.82 Å². The zero-order chi connectivity index (χ0) is 12.3. The highest BCUT2D eigenvalue weighted by molar-refractivity contribution is 7.99. The minimum Gasteiger partial charge on any atom is -0.389 e. The third-order valence-corrected chi connectivity index (χ3v) is 3.29. The van der Waals surface area contributed by atoms with Crippen LogP contribution in [-0.4, -0.2) is 15.1 Å². The lowest BCUT2D eigenvalue weighted by molar-refractivity contribution is 0.195. The van der Waals surface area contributed by atoms with Gasteiger partial charge in [0.15, 0.2) is 0 Å². The van der Waals surface area contributed by atoms with Crippen molar-refractivity contribution in [3.63, 3.8) is 0 Å². The summed E-state index contributed by atoms with van der Waals surface area (Å²) in [6, 6.07) is 6.36. The molecule has 0 aliphatic heterocycles. The Morgan fingerprint density at radius 2 is 2.18 bits per heavy atom. The first-order chi connectivity index (χ1) is 8.18. The van der Waals surface area contributed by atoms with Crippen molar-refractivity contribution in [2.75, 3.05) is 0 Å². The number of hydrogen-bond donors (Lipinski definition) is 1. The Morgan fingerprint density at radius 1 is 1.35 bits per heavy atom. The van der Waals surface area contributed by atoms with Gasteiger partial charge >= 0.3 is 0 Å². The molecule has 1 N–H and O–H groups in total. The molecule has 0 saturated carbocycles. The maximum absolute atomic E-state index is 13.7. The van der Waals surface area contributed by atoms with Crippen molar-refractivity contribution in [2.45, 2.75) is 22.9 Å². The van der Waals surface area contributed by atoms with Crippen molar-refractivity contribution < 1.29 is 9.50 Å². The van der Waals surface area contributed by atoms with Gasteiger partial charge in [0.25, 0.3) is 0 Å². The Morgan fingerprint density at radius 3 is 2.82 bits per heavy atom. The van der Waals surface area contributed by atoms with Gasteiger partial charge in [-0.05, 0) is 24.6 Å². The number of aromatic nitrogens is 2. The van der Waals surface area contributed by atoms with Gasteiger partial charge in [0.05, 0.1) is 11.0 Å². The van der Waals surface area contributed by atoms with Crippen LogP contribution in [0.15, 0.2) is 46.7 Å². The Balaban J connectivity index is 2.38. The topological polar surface area (TPSA) is 46.0 Å². The van der Waals surface area contributed by atoms with Gasteiger partial charge in [0, 0.05) is 6.20 Å². The van der Waals surface area contributed by atoms with Crippen molar-refractivity contribution in [3.05, 3.63) is 48.2 Å². The third-order valence-electron chi connectivity index (χ3n) is 2.21. The summed E-state index contributed by atoms with van der Waals surface area (Å²) in [4.78, 5) is 8.22. The Hall–Kier alpha value is -1.46. The van der Waals surface area contributed by atoms with Gasteiger partial charge in [-0.1, -0.05) is 23.9 Å². The van der Waals surface area contributed by atoms with Crippen LogP contribution in [0.5, 0.6) is 0 Å². The molecule has 0 saturated heterocycles. The average molecular weight is 250 g/mol. The van der Waals surface area contributed by atoms with E-state index in [0.717, 1.165) is 0 Å². The fraction of sp³-hybridized carbons (Fsp3) is 0.167. The van der Waals surface area contributed by atoms with E-state index in [1.807, 2.05) is 0 Å². The van der Waals surface area contributed by atoms with Crippen LogP contribution in [0.3, 0.4) is 0 Å². The molecule has 3 nitrogen and oxygen atoms in total. The molecular weight excluding hydrogens is 239 g/mol. The Labute approximate surface area is 103 Å². The molecule has 1 aromatic heterocycles. The van der Waals surface area contributed by atoms with E-state index in [2.05, 4.69) is 9.97 Å². The van der Waals surface area contributed by atoms with Gasteiger partial charge in [0.2, 0.25) is 0 Å². The molecule has 2 rings (SSSR count). The summed E-state index contributed by atoms with van der Waals surface area (Å²) in [6.45, 7) is 1.61. The highest BCUT2D eigenvalue weighted by atomic mass is 32.2. The number of benzene rings is 1. The van der Waals surface area contributed by atoms with E-state index >= 15 is 0 Å². The molecule has 0 radical (unpaired) electrons. The molecule has 1 atom stereocenters. The van der Waals surface area contributed by atoms with Crippen LogP contribution >= 0.6 is 11.8 Å². The van der Waals surface area contributed by atoms with E-state index in [1.165, 1.54) is 24.2 Å². The van der Waals surface area contributed by atoms with Crippen molar-refractivity contribution in [2.24, 2.45) is 0 Å². The first-order valence-corrected chi connectivity index (χ1v) is 5.90. The minimum absolute atomic E-state index is 0.355. The monoisotopic (exact) mass is 250 g/mol. The summed E-state index contributed by atoms with van der Waals surface area (Å²) in [5.41, 5.74) is 0.564. The van der Waals surface area contributed by atoms with Crippen molar-refractivity contribution in [1.82, 2.24) is 9.97 Å². The van der Waals surface area contributed by atoms with Crippen molar-refractivity contribution >= 4 is 11.8 Å². The lowest BCUT2D eigenvalue weighted by atomic mass is 10.1. The summed E-state index contributed by atoms with van der Waals surface area (Å²) in [5.74, 6) is -0.355. The Bertz CT molecular complexity index is 505. The molecule has 2 aromatic rings. The number of aliphatic hydroxyl groups is 1. The smallest absolute Gasteiger partial charge is 0.137 e. The van der Waals surface area contributed by atoms with Gasteiger partial charge < -0.3 is 5.11 Å². The van der Waals surface area contributed by atoms with E-state index in [-0.39, 0.29) is 5.82 Å². The number of halogens is 1. The highest BCUT2D eigenvalue weighted by Crippen LogP contribution is 2.33. The quantitative estimate of drug-likeness (QED) is 0.851. The van der Waals surface area contributed by atoms with Crippen LogP contribution in [0.4, 0.5) is 4.39 Å². The number of hydrogen-bond acceptors (Lipinski definition) is 4. The van der Waals surface area contributed by atoms with Crippen molar-refractivity contribution in [3.8, 4) is 0 Å². The average Bonchev–Trinajstić information content (AvgIpc) is 2.33. The zero-order valence-corrected chi connectivity index (χ0v) is 9.99. The molecule has 0 bridgehead atoms. The van der Waals surface area contributed by atoms with Crippen LogP contribution in [0.25, 0.3) is 0 Å². The molecule has 0 spiro atoms. The fourth-order valence-corrected chi connectivity index (χ4v) is 2.37. The molecule has 17 heavy (non-hydrogen) atoms. The predicted molar refractivity (Wildman–Crippen MR) is 63.2 cm³/mol. The normalized spacial score (nSPS) is 12.4. The number of nitrogens with zero attached hydrogens (tertiary/aromatic N) is 2. The van der Waals surface area contributed by atoms with Crippen LogP contribution < -0.4 is 0 Å². The van der Waals surface area contributed by atoms with Crippen molar-refractivity contribution in [1.29, 1.82) is 0 Å². The third kappa shape index (κ3) is 2.81. The van der Waals surface area contributed by atoms with Gasteiger partial charge in [-0.2, -0.15) is 0 Å². The molecule has 1 aromatic carbocycles. The largest absolute Gasteiger partial charge is 0.389 e. The van der Waals surface area contributed by atoms with Crippen LogP contribution in [0.1, 0.15) is 18.6 Å². The minimum atomic E-state index is -0.713. The summed E-state index contributed by atoms with van der Waals surface area (Å²) >= 11 is 1.18. The lowest BCUT2D eigenvalue weighted by Gasteiger charge is -2.11. The molecule has 1 unspecified atom stereocenters. The first kappa shape index (κ1) is 12.0. The molecule has 0 fully saturated rings. The standard InChI is InChI=1S/C12H11FN2OS/c1-8(16)9-3-2-4-10(13)12(9)17-11-5-6-14-7-15-11/h2-8,16H,1H3. The van der Waals surface area contributed by atoms with E-state index in [9.17, 15) is 9.50 Å². The lowest BCUT2D eigenvalue weighted by Crippen LogP contribution is -1.96. The summed E-state index contributed by atoms with van der Waals surface area (Å²) in [6.07, 6.45) is 2.29. The SMILES string of the molecule is CC(O)c1cccc(F)c1Sc1ccncn1. The second kappa shape index (κ2) is 5.25. The van der Waals surface area contributed by atoms with Gasteiger partial charge in [0.1, 0.15) is 17.2 Å². The predicted octanol–water partition coefficient (Wildman–Crippen LogP) is 2.82. The van der Waals surface area contributed by atoms with E-state index in [1.54, 1.807) is 31.3 Å². The van der Waals surface area contributed by atoms with Crippen LogP contribution in [0.2, 0.25) is 0 Å². The number of rotatable bonds is 3. The second-order valence-corrected chi connectivity index (χ2v) is 4.51. The fourth-order valence-electron chi connectivity index (χ4n) is 1.41. The van der Waals surface area contributed by atoms with E-state index in [0.29, 0.717) is 15.5 Å². The molecule has 0 amide bonds. The zero-order valence-electron chi connectivity index (χ0n) is 9.17. The first-order valence-electron chi connectivity index (χ1n) is 5.09. The molecule has 0 aliphatic rings. The summed E-state index contributed by atoms with van der Waals surface area (Å²) < 4.78 is 13.7. The molecule has 0 aliphatic carbocycles. The van der Waals surface area contributed by atoms with E-state index in [4.69, 9.17) is 0 Å². The highest BCUT2D eigenvalue weighted by Gasteiger charge is 2.14. The number of aliphatic hydroxyl groups excluding tert-OH is 1. The van der Waals surface area contributed by atoms with Crippen LogP contribution in [-0.2, 0) is 0 Å².